The van der Waals surface area contributed by atoms with Crippen molar-refractivity contribution >= 4 is 34.9 Å². The Bertz CT molecular complexity index is 931. The second kappa shape index (κ2) is 6.44. The highest BCUT2D eigenvalue weighted by molar-refractivity contribution is 7.07. The molecule has 2 aliphatic rings. The number of aliphatic imine (C=N–C) groups is 1. The average molecular weight is 372 g/mol. The highest BCUT2D eigenvalue weighted by atomic mass is 35.5. The largest absolute Gasteiger partial charge is 0.330 e. The van der Waals surface area contributed by atoms with Crippen molar-refractivity contribution in [2.75, 3.05) is 19.6 Å². The summed E-state index contributed by atoms with van der Waals surface area (Å²) in [6.45, 7) is 3.57. The van der Waals surface area contributed by atoms with Gasteiger partial charge in [-0.05, 0) is 36.2 Å². The number of fused-ring (bicyclic) bond motifs is 1. The van der Waals surface area contributed by atoms with Crippen LogP contribution < -0.4 is 0 Å². The third kappa shape index (κ3) is 2.87. The summed E-state index contributed by atoms with van der Waals surface area (Å²) >= 11 is 7.46. The van der Waals surface area contributed by atoms with Crippen LogP contribution >= 0.6 is 23.1 Å². The van der Waals surface area contributed by atoms with Crippen molar-refractivity contribution in [3.05, 3.63) is 63.3 Å². The number of hydrogen-bond donors (Lipinski definition) is 0. The number of amides is 1. The molecule has 0 spiro atoms. The molecule has 1 aromatic carbocycles. The van der Waals surface area contributed by atoms with Crippen LogP contribution in [0.4, 0.5) is 0 Å². The van der Waals surface area contributed by atoms with Gasteiger partial charge in [-0.1, -0.05) is 23.4 Å². The number of benzene rings is 1. The monoisotopic (exact) mass is 371 g/mol. The topological polar surface area (TPSA) is 61.7 Å². The normalized spacial score (nSPS) is 16.4. The molecule has 1 amide bonds. The summed E-state index contributed by atoms with van der Waals surface area (Å²) in [5, 5.41) is 1.37. The zero-order valence-electron chi connectivity index (χ0n) is 13.4. The van der Waals surface area contributed by atoms with Crippen LogP contribution in [0.3, 0.4) is 0 Å². The molecule has 0 radical (unpaired) electrons. The van der Waals surface area contributed by atoms with E-state index < -0.39 is 0 Å². The summed E-state index contributed by atoms with van der Waals surface area (Å²) in [6, 6.07) is 5.41. The fraction of sp³-hybridized carbons (Fsp3) is 0.235. The van der Waals surface area contributed by atoms with Gasteiger partial charge in [-0.3, -0.25) is 4.79 Å². The molecule has 0 saturated carbocycles. The lowest BCUT2D eigenvalue weighted by Gasteiger charge is -2.37. The minimum atomic E-state index is -0.0195. The Kier molecular flexibility index (Phi) is 4.13. The first-order valence-electron chi connectivity index (χ1n) is 7.76. The Labute approximate surface area is 153 Å². The summed E-state index contributed by atoms with van der Waals surface area (Å²) in [7, 11) is 0. The SMILES string of the molecule is Cc1c(Cl)cccc1C(=O)N1CCN2C(=C=CN=C2c2ncns2)C1. The van der Waals surface area contributed by atoms with E-state index in [0.29, 0.717) is 30.2 Å². The van der Waals surface area contributed by atoms with Gasteiger partial charge >= 0.3 is 0 Å². The third-order valence-electron chi connectivity index (χ3n) is 4.27. The second-order valence-electron chi connectivity index (χ2n) is 5.71. The van der Waals surface area contributed by atoms with E-state index in [2.05, 4.69) is 25.0 Å². The van der Waals surface area contributed by atoms with Crippen molar-refractivity contribution in [1.29, 1.82) is 0 Å². The molecule has 4 rings (SSSR count). The molecule has 0 unspecified atom stereocenters. The van der Waals surface area contributed by atoms with E-state index in [9.17, 15) is 4.79 Å². The fourth-order valence-electron chi connectivity index (χ4n) is 2.92. The molecule has 6 nitrogen and oxygen atoms in total. The smallest absolute Gasteiger partial charge is 0.254 e. The second-order valence-corrected chi connectivity index (χ2v) is 6.90. The van der Waals surface area contributed by atoms with Gasteiger partial charge in [0.05, 0.1) is 18.4 Å². The van der Waals surface area contributed by atoms with E-state index in [-0.39, 0.29) is 5.91 Å². The predicted octanol–water partition coefficient (Wildman–Crippen LogP) is 2.71. The van der Waals surface area contributed by atoms with Crippen LogP contribution in [0.1, 0.15) is 20.9 Å². The standard InChI is InChI=1S/C17H14ClN5OS/c1-11-13(3-2-4-14(11)18)17(24)22-7-8-23-12(9-22)5-6-19-15(23)16-20-10-21-25-16/h2-4,6,10H,7-9H2,1H3. The van der Waals surface area contributed by atoms with Crippen LogP contribution in [0.5, 0.6) is 0 Å². The molecule has 0 bridgehead atoms. The van der Waals surface area contributed by atoms with Gasteiger partial charge in [-0.15, -0.1) is 0 Å². The van der Waals surface area contributed by atoms with Gasteiger partial charge < -0.3 is 9.80 Å². The lowest BCUT2D eigenvalue weighted by molar-refractivity contribution is 0.0727. The molecule has 1 saturated heterocycles. The van der Waals surface area contributed by atoms with Crippen molar-refractivity contribution < 1.29 is 4.79 Å². The molecule has 3 heterocycles. The number of amidine groups is 1. The molecule has 2 aliphatic heterocycles. The average Bonchev–Trinajstić information content (AvgIpc) is 3.17. The quantitative estimate of drug-likeness (QED) is 0.761. The molecule has 0 N–H and O–H groups in total. The van der Waals surface area contributed by atoms with E-state index in [4.69, 9.17) is 11.6 Å². The van der Waals surface area contributed by atoms with Gasteiger partial charge in [0.1, 0.15) is 6.33 Å². The van der Waals surface area contributed by atoms with Gasteiger partial charge in [-0.25, -0.2) is 9.98 Å². The summed E-state index contributed by atoms with van der Waals surface area (Å²) in [4.78, 5) is 25.4. The zero-order valence-corrected chi connectivity index (χ0v) is 15.0. The third-order valence-corrected chi connectivity index (χ3v) is 5.34. The number of piperazine rings is 1. The molecule has 8 heteroatoms. The first-order valence-corrected chi connectivity index (χ1v) is 8.91. The minimum Gasteiger partial charge on any atom is -0.330 e. The number of hydrogen-bond acceptors (Lipinski definition) is 6. The summed E-state index contributed by atoms with van der Waals surface area (Å²) < 4.78 is 4.04. The maximum Gasteiger partial charge on any atom is 0.254 e. The first kappa shape index (κ1) is 16.0. The highest BCUT2D eigenvalue weighted by Gasteiger charge is 2.31. The van der Waals surface area contributed by atoms with Crippen molar-refractivity contribution in [2.45, 2.75) is 6.92 Å². The summed E-state index contributed by atoms with van der Waals surface area (Å²) in [5.74, 6) is 0.746. The van der Waals surface area contributed by atoms with Crippen molar-refractivity contribution in [1.82, 2.24) is 19.2 Å². The van der Waals surface area contributed by atoms with Gasteiger partial charge in [0, 0.05) is 23.7 Å². The number of nitrogens with zero attached hydrogens (tertiary/aromatic N) is 5. The summed E-state index contributed by atoms with van der Waals surface area (Å²) in [6.07, 6.45) is 3.15. The van der Waals surface area contributed by atoms with Crippen LogP contribution in [0.2, 0.25) is 5.02 Å². The Hall–Kier alpha value is -2.47. The van der Waals surface area contributed by atoms with E-state index in [1.807, 2.05) is 17.9 Å². The van der Waals surface area contributed by atoms with Gasteiger partial charge in [-0.2, -0.15) is 4.37 Å². The Morgan fingerprint density at radius 3 is 3.04 bits per heavy atom. The van der Waals surface area contributed by atoms with Crippen LogP contribution in [-0.4, -0.2) is 50.5 Å². The van der Waals surface area contributed by atoms with Crippen LogP contribution in [0.25, 0.3) is 0 Å². The van der Waals surface area contributed by atoms with Crippen LogP contribution in [-0.2, 0) is 0 Å². The molecule has 126 valence electrons. The Morgan fingerprint density at radius 2 is 2.24 bits per heavy atom. The van der Waals surface area contributed by atoms with Crippen LogP contribution in [0, 0.1) is 6.92 Å². The molecule has 25 heavy (non-hydrogen) atoms. The molecular weight excluding hydrogens is 358 g/mol. The lowest BCUT2D eigenvalue weighted by Crippen LogP contribution is -2.49. The molecule has 2 aromatic rings. The minimum absolute atomic E-state index is 0.0195. The Balaban J connectivity index is 1.57. The number of carbonyl (C=O) groups is 1. The predicted molar refractivity (Wildman–Crippen MR) is 96.8 cm³/mol. The number of carbonyl (C=O) groups excluding carboxylic acids is 1. The molecule has 1 aromatic heterocycles. The van der Waals surface area contributed by atoms with Gasteiger partial charge in [0.2, 0.25) is 0 Å². The maximum atomic E-state index is 12.9. The Morgan fingerprint density at radius 1 is 1.36 bits per heavy atom. The van der Waals surface area contributed by atoms with Crippen molar-refractivity contribution in [2.24, 2.45) is 4.99 Å². The first-order chi connectivity index (χ1) is 12.1. The van der Waals surface area contributed by atoms with E-state index in [1.54, 1.807) is 18.3 Å². The zero-order chi connectivity index (χ0) is 17.4. The van der Waals surface area contributed by atoms with Gasteiger partial charge in [0.15, 0.2) is 10.8 Å². The van der Waals surface area contributed by atoms with E-state index in [1.165, 1.54) is 17.9 Å². The van der Waals surface area contributed by atoms with Crippen molar-refractivity contribution in [3.8, 4) is 0 Å². The number of aromatic nitrogens is 2. The highest BCUT2D eigenvalue weighted by Crippen LogP contribution is 2.24. The lowest BCUT2D eigenvalue weighted by atomic mass is 10.1. The fourth-order valence-corrected chi connectivity index (χ4v) is 3.63. The molecule has 1 fully saturated rings. The van der Waals surface area contributed by atoms with Crippen molar-refractivity contribution in [3.63, 3.8) is 0 Å². The molecule has 0 aliphatic carbocycles. The maximum absolute atomic E-state index is 12.9. The van der Waals surface area contributed by atoms with Crippen LogP contribution in [0.15, 0.2) is 47.1 Å². The van der Waals surface area contributed by atoms with E-state index in [0.717, 1.165) is 22.1 Å². The number of halogens is 1. The molecule has 0 atom stereocenters. The number of rotatable bonds is 2. The summed E-state index contributed by atoms with van der Waals surface area (Å²) in [5.41, 5.74) is 5.49. The van der Waals surface area contributed by atoms with Gasteiger partial charge in [0.25, 0.3) is 5.91 Å². The molecular formula is C17H14ClN5OS. The van der Waals surface area contributed by atoms with E-state index >= 15 is 0 Å².